The second kappa shape index (κ2) is 5.94. The van der Waals surface area contributed by atoms with Gasteiger partial charge in [0.2, 0.25) is 0 Å². The van der Waals surface area contributed by atoms with Gasteiger partial charge in [-0.25, -0.2) is 4.79 Å². The largest absolute Gasteiger partial charge is 0.478 e. The molecule has 116 valence electrons. The Morgan fingerprint density at radius 3 is 2.05 bits per heavy atom. The number of carboxylic acid groups (broad SMARTS) is 1. The third kappa shape index (κ3) is 5.24. The van der Waals surface area contributed by atoms with Gasteiger partial charge in [-0.3, -0.25) is 4.79 Å². The van der Waals surface area contributed by atoms with Gasteiger partial charge in [0.05, 0.1) is 5.56 Å². The summed E-state index contributed by atoms with van der Waals surface area (Å²) in [6, 6.07) is 3.76. The van der Waals surface area contributed by atoms with Gasteiger partial charge < -0.3 is 15.2 Å². The Kier molecular flexibility index (Phi) is 4.71. The zero-order chi connectivity index (χ0) is 16.3. The minimum atomic E-state index is -5.28. The summed E-state index contributed by atoms with van der Waals surface area (Å²) in [6.45, 7) is -1.69. The number of ether oxygens (including phenoxy) is 1. The predicted octanol–water partition coefficient (Wildman–Crippen LogP) is 2.03. The molecule has 0 aromatic heterocycles. The number of halogens is 5. The van der Waals surface area contributed by atoms with E-state index in [1.54, 1.807) is 0 Å². The molecule has 1 aromatic rings. The summed E-state index contributed by atoms with van der Waals surface area (Å²) in [5.74, 6) is -4.27. The van der Waals surface area contributed by atoms with Crippen LogP contribution in [-0.2, 0) is 4.79 Å². The molecule has 0 spiro atoms. The summed E-state index contributed by atoms with van der Waals surface area (Å²) < 4.78 is 65.9. The monoisotopic (exact) mass is 313 g/mol. The number of rotatable bonds is 5. The number of aromatic carboxylic acids is 1. The van der Waals surface area contributed by atoms with E-state index in [4.69, 9.17) is 5.11 Å². The molecule has 21 heavy (non-hydrogen) atoms. The van der Waals surface area contributed by atoms with Crippen LogP contribution >= 0.6 is 0 Å². The van der Waals surface area contributed by atoms with Gasteiger partial charge in [-0.05, 0) is 24.3 Å². The van der Waals surface area contributed by atoms with Crippen LogP contribution in [0, 0.1) is 0 Å². The van der Waals surface area contributed by atoms with E-state index in [-0.39, 0.29) is 5.56 Å². The number of benzene rings is 1. The lowest BCUT2D eigenvalue weighted by molar-refractivity contribution is -0.188. The van der Waals surface area contributed by atoms with Crippen molar-refractivity contribution in [3.05, 3.63) is 29.8 Å². The van der Waals surface area contributed by atoms with Crippen molar-refractivity contribution in [2.75, 3.05) is 6.54 Å². The molecule has 0 unspecified atom stereocenters. The molecule has 0 heterocycles. The first-order chi connectivity index (χ1) is 9.51. The van der Waals surface area contributed by atoms with Gasteiger partial charge >= 0.3 is 24.2 Å². The lowest BCUT2D eigenvalue weighted by Crippen LogP contribution is -2.45. The summed E-state index contributed by atoms with van der Waals surface area (Å²) in [7, 11) is 0. The number of carbonyl (C=O) groups is 2. The maximum atomic E-state index is 13.2. The van der Waals surface area contributed by atoms with Gasteiger partial charge in [-0.15, -0.1) is 0 Å². The molecule has 1 rings (SSSR count). The van der Waals surface area contributed by atoms with E-state index in [1.165, 1.54) is 0 Å². The smallest absolute Gasteiger partial charge is 0.471 e. The van der Waals surface area contributed by atoms with Crippen LogP contribution in [0.25, 0.3) is 0 Å². The third-order valence-electron chi connectivity index (χ3n) is 2.08. The number of carboxylic acids is 1. The van der Waals surface area contributed by atoms with E-state index in [1.807, 2.05) is 0 Å². The molecule has 0 aliphatic carbocycles. The SMILES string of the molecule is O=C(O)c1ccc(OC(F)(F)CNC(=O)C(F)(F)F)cc1. The Morgan fingerprint density at radius 2 is 1.62 bits per heavy atom. The average molecular weight is 313 g/mol. The van der Waals surface area contributed by atoms with Gasteiger partial charge in [0.15, 0.2) is 0 Å². The average Bonchev–Trinajstić information content (AvgIpc) is 2.35. The van der Waals surface area contributed by atoms with Gasteiger partial charge in [0.25, 0.3) is 0 Å². The fraction of sp³-hybridized carbons (Fsp3) is 0.273. The van der Waals surface area contributed by atoms with Gasteiger partial charge in [0, 0.05) is 0 Å². The summed E-state index contributed by atoms with van der Waals surface area (Å²) >= 11 is 0. The van der Waals surface area contributed by atoms with Crippen molar-refractivity contribution in [1.82, 2.24) is 5.32 Å². The van der Waals surface area contributed by atoms with Crippen molar-refractivity contribution in [3.63, 3.8) is 0 Å². The second-order valence-electron chi connectivity index (χ2n) is 3.75. The lowest BCUT2D eigenvalue weighted by atomic mass is 10.2. The normalized spacial score (nSPS) is 11.9. The van der Waals surface area contributed by atoms with Crippen LogP contribution in [0.3, 0.4) is 0 Å². The van der Waals surface area contributed by atoms with Crippen LogP contribution in [0.15, 0.2) is 24.3 Å². The van der Waals surface area contributed by atoms with Gasteiger partial charge in [-0.2, -0.15) is 22.0 Å². The minimum absolute atomic E-state index is 0.184. The molecule has 1 amide bonds. The highest BCUT2D eigenvalue weighted by Crippen LogP contribution is 2.22. The fourth-order valence-electron chi connectivity index (χ4n) is 1.16. The Morgan fingerprint density at radius 1 is 1.10 bits per heavy atom. The van der Waals surface area contributed by atoms with Crippen LogP contribution in [0.4, 0.5) is 22.0 Å². The molecule has 0 saturated carbocycles. The number of alkyl halides is 5. The van der Waals surface area contributed by atoms with Crippen LogP contribution in [0.2, 0.25) is 0 Å². The summed E-state index contributed by atoms with van der Waals surface area (Å²) in [5.41, 5.74) is -0.184. The molecule has 10 heteroatoms. The molecule has 0 bridgehead atoms. The number of hydrogen-bond acceptors (Lipinski definition) is 3. The topological polar surface area (TPSA) is 75.6 Å². The highest BCUT2D eigenvalue weighted by Gasteiger charge is 2.41. The molecule has 2 N–H and O–H groups in total. The Hall–Kier alpha value is -2.39. The van der Waals surface area contributed by atoms with Gasteiger partial charge in [0.1, 0.15) is 12.3 Å². The van der Waals surface area contributed by atoms with E-state index >= 15 is 0 Å². The molecule has 0 radical (unpaired) electrons. The highest BCUT2D eigenvalue weighted by molar-refractivity contribution is 5.87. The van der Waals surface area contributed by atoms with E-state index in [0.717, 1.165) is 29.6 Å². The molecular weight excluding hydrogens is 305 g/mol. The van der Waals surface area contributed by atoms with Crippen LogP contribution in [-0.4, -0.2) is 35.8 Å². The first-order valence-electron chi connectivity index (χ1n) is 5.26. The summed E-state index contributed by atoms with van der Waals surface area (Å²) in [6.07, 6.45) is -9.37. The quantitative estimate of drug-likeness (QED) is 0.816. The van der Waals surface area contributed by atoms with Gasteiger partial charge in [-0.1, -0.05) is 0 Å². The molecule has 1 aromatic carbocycles. The fourth-order valence-corrected chi connectivity index (χ4v) is 1.16. The number of carbonyl (C=O) groups excluding carboxylic acids is 1. The van der Waals surface area contributed by atoms with E-state index < -0.39 is 36.5 Å². The van der Waals surface area contributed by atoms with E-state index in [0.29, 0.717) is 0 Å². The lowest BCUT2D eigenvalue weighted by Gasteiger charge is -2.19. The van der Waals surface area contributed by atoms with Crippen molar-refractivity contribution < 1.29 is 41.4 Å². The number of nitrogens with one attached hydrogen (secondary N) is 1. The standard InChI is InChI=1S/C11H8F5NO4/c12-10(13,5-17-9(20)11(14,15)16)21-7-3-1-6(2-4-7)8(18)19/h1-4H,5H2,(H,17,20)(H,18,19). The number of hydrogen-bond donors (Lipinski definition) is 2. The van der Waals surface area contributed by atoms with Crippen LogP contribution in [0.1, 0.15) is 10.4 Å². The van der Waals surface area contributed by atoms with Crippen molar-refractivity contribution in [3.8, 4) is 5.75 Å². The Bertz CT molecular complexity index is 526. The zero-order valence-corrected chi connectivity index (χ0v) is 10.1. The maximum Gasteiger partial charge on any atom is 0.471 e. The zero-order valence-electron chi connectivity index (χ0n) is 10.1. The van der Waals surface area contributed by atoms with E-state index in [9.17, 15) is 31.5 Å². The first-order valence-corrected chi connectivity index (χ1v) is 5.26. The molecule has 0 aliphatic heterocycles. The number of amides is 1. The molecule has 0 atom stereocenters. The van der Waals surface area contributed by atoms with Crippen LogP contribution < -0.4 is 10.1 Å². The van der Waals surface area contributed by atoms with Crippen molar-refractivity contribution in [1.29, 1.82) is 0 Å². The molecule has 0 saturated heterocycles. The maximum absolute atomic E-state index is 13.2. The predicted molar refractivity (Wildman–Crippen MR) is 58.0 cm³/mol. The Balaban J connectivity index is 2.63. The van der Waals surface area contributed by atoms with Crippen molar-refractivity contribution in [2.45, 2.75) is 12.3 Å². The highest BCUT2D eigenvalue weighted by atomic mass is 19.4. The van der Waals surface area contributed by atoms with Crippen LogP contribution in [0.5, 0.6) is 5.75 Å². The summed E-state index contributed by atoms with van der Waals surface area (Å²) in [4.78, 5) is 20.9. The molecule has 0 aliphatic rings. The van der Waals surface area contributed by atoms with Crippen molar-refractivity contribution in [2.24, 2.45) is 0 Å². The minimum Gasteiger partial charge on any atom is -0.478 e. The van der Waals surface area contributed by atoms with Crippen molar-refractivity contribution >= 4 is 11.9 Å². The second-order valence-corrected chi connectivity index (χ2v) is 3.75. The summed E-state index contributed by atoms with van der Waals surface area (Å²) in [5, 5.41) is 9.57. The third-order valence-corrected chi connectivity index (χ3v) is 2.08. The molecule has 0 fully saturated rings. The first kappa shape index (κ1) is 16.7. The van der Waals surface area contributed by atoms with E-state index in [2.05, 4.69) is 4.74 Å². The molecule has 5 nitrogen and oxygen atoms in total. The Labute approximate surface area is 114 Å². The molecular formula is C11H8F5NO4.